The summed E-state index contributed by atoms with van der Waals surface area (Å²) in [6, 6.07) is 86.4. The van der Waals surface area contributed by atoms with Crippen LogP contribution in [-0.2, 0) is 0 Å². The van der Waals surface area contributed by atoms with Crippen molar-refractivity contribution in [1.82, 2.24) is 0 Å². The van der Waals surface area contributed by atoms with Crippen LogP contribution in [0.25, 0.3) is 98.4 Å². The molecule has 0 spiro atoms. The normalized spacial score (nSPS) is 12.3. The van der Waals surface area contributed by atoms with Crippen molar-refractivity contribution < 1.29 is 8.83 Å². The summed E-state index contributed by atoms with van der Waals surface area (Å²) < 4.78 is 13.8. The van der Waals surface area contributed by atoms with Crippen LogP contribution in [0.15, 0.2) is 245 Å². The van der Waals surface area contributed by atoms with Crippen LogP contribution in [0.3, 0.4) is 0 Å². The van der Waals surface area contributed by atoms with Gasteiger partial charge in [-0.2, -0.15) is 0 Å². The molecule has 74 heavy (non-hydrogen) atoms. The summed E-state index contributed by atoms with van der Waals surface area (Å²) in [4.78, 5) is 4.90. The van der Waals surface area contributed by atoms with Crippen molar-refractivity contribution in [2.75, 3.05) is 9.80 Å². The van der Waals surface area contributed by atoms with Gasteiger partial charge in [-0.15, -0.1) is 0 Å². The van der Waals surface area contributed by atoms with Gasteiger partial charge < -0.3 is 18.6 Å². The first-order valence-corrected chi connectivity index (χ1v) is 31.5. The molecule has 0 aliphatic carbocycles. The maximum Gasteiger partial charge on any atom is 0.159 e. The molecule has 0 saturated carbocycles. The molecule has 0 bridgehead atoms. The lowest BCUT2D eigenvalue weighted by Crippen LogP contribution is -2.42. The molecule has 0 unspecified atom stereocenters. The van der Waals surface area contributed by atoms with E-state index in [0.29, 0.717) is 0 Å². The minimum absolute atomic E-state index is 0.0505. The first-order chi connectivity index (χ1) is 36.4. The zero-order valence-electron chi connectivity index (χ0n) is 41.6. The van der Waals surface area contributed by atoms with Gasteiger partial charge in [-0.1, -0.05) is 219 Å². The van der Waals surface area contributed by atoms with Gasteiger partial charge in [0, 0.05) is 53.0 Å². The number of anilines is 6. The fourth-order valence-corrected chi connectivity index (χ4v) is 19.3. The fourth-order valence-electron chi connectivity index (χ4n) is 12.1. The van der Waals surface area contributed by atoms with Crippen LogP contribution in [0.4, 0.5) is 34.1 Å². The van der Waals surface area contributed by atoms with Crippen molar-refractivity contribution in [1.29, 1.82) is 0 Å². The fraction of sp³-hybridized carbons (Fsp3) is 0.0588. The van der Waals surface area contributed by atoms with Crippen molar-refractivity contribution >= 4 is 133 Å². The maximum absolute atomic E-state index is 6.92. The quantitative estimate of drug-likeness (QED) is 0.0955. The van der Waals surface area contributed by atoms with Gasteiger partial charge in [0.2, 0.25) is 0 Å². The monoisotopic (exact) mass is 984 g/mol. The Bertz CT molecular complexity index is 4440. The lowest BCUT2D eigenvalue weighted by atomic mass is 9.91. The second kappa shape index (κ2) is 17.5. The van der Waals surface area contributed by atoms with E-state index < -0.39 is 8.07 Å². The summed E-state index contributed by atoms with van der Waals surface area (Å²) in [6.45, 7) is 7.50. The van der Waals surface area contributed by atoms with E-state index in [0.717, 1.165) is 105 Å². The molecule has 0 atom stereocenters. The molecule has 2 heterocycles. The lowest BCUT2D eigenvalue weighted by Gasteiger charge is -2.31. The summed E-state index contributed by atoms with van der Waals surface area (Å²) in [5.74, 6) is 0. The van der Waals surface area contributed by atoms with E-state index in [4.69, 9.17) is 8.83 Å². The second-order valence-corrected chi connectivity index (χ2v) is 27.7. The number of para-hydroxylation sites is 6. The van der Waals surface area contributed by atoms with Crippen molar-refractivity contribution in [3.63, 3.8) is 0 Å². The Morgan fingerprint density at radius 2 is 0.770 bits per heavy atom. The average molecular weight is 985 g/mol. The van der Waals surface area contributed by atoms with E-state index in [1.54, 1.807) is 0 Å². The second-order valence-electron chi connectivity index (χ2n) is 20.4. The molecule has 354 valence electrons. The van der Waals surface area contributed by atoms with E-state index >= 15 is 0 Å². The van der Waals surface area contributed by atoms with Crippen LogP contribution in [0.1, 0.15) is 0 Å². The Morgan fingerprint density at radius 3 is 1.28 bits per heavy atom. The molecule has 4 nitrogen and oxygen atoms in total. The van der Waals surface area contributed by atoms with E-state index in [2.05, 4.69) is 260 Å². The number of hydrogen-bond donors (Lipinski definition) is 0. The molecule has 0 aliphatic heterocycles. The predicted molar refractivity (Wildman–Crippen MR) is 321 cm³/mol. The molecule has 0 fully saturated rings. The van der Waals surface area contributed by atoms with Gasteiger partial charge >= 0.3 is 0 Å². The number of nitrogens with zero attached hydrogens (tertiary/aromatic N) is 2. The Kier molecular flexibility index (Phi) is 10.4. The number of furan rings is 2. The maximum atomic E-state index is 6.92. The smallest absolute Gasteiger partial charge is 0.159 e. The van der Waals surface area contributed by atoms with Crippen LogP contribution in [0, 0.1) is 0 Å². The highest BCUT2D eigenvalue weighted by Gasteiger charge is 2.28. The third kappa shape index (κ3) is 7.01. The highest BCUT2D eigenvalue weighted by molar-refractivity contribution is 6.94. The number of rotatable bonds is 11. The summed E-state index contributed by atoms with van der Waals surface area (Å²) >= 11 is 0. The molecular weight excluding hydrogens is 933 g/mol. The largest absolute Gasteiger partial charge is 0.454 e. The van der Waals surface area contributed by atoms with Gasteiger partial charge in [0.25, 0.3) is 0 Å². The van der Waals surface area contributed by atoms with Crippen molar-refractivity contribution in [3.05, 3.63) is 237 Å². The predicted octanol–water partition coefficient (Wildman–Crippen LogP) is 18.7. The third-order valence-electron chi connectivity index (χ3n) is 15.6. The summed E-state index contributed by atoms with van der Waals surface area (Å²) in [7, 11) is -1.56. The summed E-state index contributed by atoms with van der Waals surface area (Å²) in [5, 5.41) is 13.0. The summed E-state index contributed by atoms with van der Waals surface area (Å²) in [6.07, 6.45) is 0. The van der Waals surface area contributed by atoms with E-state index in [9.17, 15) is 0 Å². The zero-order chi connectivity index (χ0) is 49.5. The van der Waals surface area contributed by atoms with E-state index in [1.807, 2.05) is 6.07 Å². The van der Waals surface area contributed by atoms with Gasteiger partial charge in [-0.05, 0) is 81.2 Å². The topological polar surface area (TPSA) is 32.8 Å². The van der Waals surface area contributed by atoms with E-state index in [1.165, 1.54) is 38.0 Å². The molecule has 0 N–H and O–H groups in total. The minimum atomic E-state index is -1.51. The Morgan fingerprint density at radius 1 is 0.351 bits per heavy atom. The van der Waals surface area contributed by atoms with Gasteiger partial charge in [-0.3, -0.25) is 0 Å². The highest BCUT2D eigenvalue weighted by atomic mass is 28.4. The molecule has 0 aliphatic rings. The van der Waals surface area contributed by atoms with Gasteiger partial charge in [0.15, 0.2) is 11.2 Å². The molecule has 12 aromatic carbocycles. The number of fused-ring (bicyclic) bond motifs is 6. The van der Waals surface area contributed by atoms with Gasteiger partial charge in [-0.25, -0.2) is 0 Å². The highest BCUT2D eigenvalue weighted by Crippen LogP contribution is 2.52. The van der Waals surface area contributed by atoms with Crippen LogP contribution in [0.2, 0.25) is 25.3 Å². The number of hydrogen-bond acceptors (Lipinski definition) is 4. The van der Waals surface area contributed by atoms with Crippen LogP contribution in [-0.4, -0.2) is 17.6 Å². The van der Waals surface area contributed by atoms with Crippen LogP contribution in [0.5, 0.6) is 0 Å². The van der Waals surface area contributed by atoms with E-state index in [-0.39, 0.29) is 9.52 Å². The Hall–Kier alpha value is -8.69. The van der Waals surface area contributed by atoms with Crippen molar-refractivity contribution in [2.45, 2.75) is 25.3 Å². The SMILES string of the molecule is C[SiH2]C[Si](C)(C)c1ccc(-c2ccccc2N(c2ccc3ccc4c(N(c5ccccc5-c5ccccc5)c5cccc6c5oc5ccccc56)ccc5ccc2c3c54)c2cccc3c2oc2ccccc23)cc1. The molecule has 6 heteroatoms. The molecule has 14 rings (SSSR count). The standard InChI is InChI=1S/C68H52N2O2Si2/c1-73-43-74(2,3)48-37-31-45(32-38-48)50-20-8-12-26-58(50)70(62-28-16-24-54-52-22-10-14-30-64(52)72-68(54)62)60-42-36-47-33-39-55-59(41-35-46-34-40-56(60)66(47)65(46)55)69(57-25-11-7-19-49(57)44-17-5-4-6-18-44)61-27-15-23-53-51-21-9-13-29-63(51)71-67(53)61/h4-42H,43,73H2,1-3H3. The summed E-state index contributed by atoms with van der Waals surface area (Å²) in [5.41, 5.74) is 15.8. The lowest BCUT2D eigenvalue weighted by molar-refractivity contribution is 0.669. The molecule has 0 saturated heterocycles. The number of benzene rings is 12. The molecule has 14 aromatic rings. The van der Waals surface area contributed by atoms with Crippen molar-refractivity contribution in [3.8, 4) is 22.3 Å². The first-order valence-electron chi connectivity index (χ1n) is 25.9. The van der Waals surface area contributed by atoms with Crippen LogP contribution < -0.4 is 15.0 Å². The molecule has 0 radical (unpaired) electrons. The van der Waals surface area contributed by atoms with Gasteiger partial charge in [0.05, 0.1) is 42.2 Å². The van der Waals surface area contributed by atoms with Crippen LogP contribution >= 0.6 is 0 Å². The average Bonchev–Trinajstić information content (AvgIpc) is 4.03. The zero-order valence-corrected chi connectivity index (χ0v) is 44.1. The molecule has 0 amide bonds. The van der Waals surface area contributed by atoms with Gasteiger partial charge in [0.1, 0.15) is 11.2 Å². The van der Waals surface area contributed by atoms with Crippen molar-refractivity contribution in [2.24, 2.45) is 0 Å². The minimum Gasteiger partial charge on any atom is -0.454 e. The Balaban J connectivity index is 1.03. The molecular formula is C68H52N2O2Si2. The molecule has 2 aromatic heterocycles. The first kappa shape index (κ1) is 44.0. The Labute approximate surface area is 433 Å². The third-order valence-corrected chi connectivity index (χ3v) is 24.5.